The number of hydrogen-bond acceptors (Lipinski definition) is 4. The third kappa shape index (κ3) is 6.43. The molecule has 0 heterocycles. The Hall–Kier alpha value is -2.50. The SMILES string of the molecule is CCCOc1ccc(/C=C/C(=O)N(C)CC(=O)N(CC)CC)cc1OC. The Kier molecular flexibility index (Phi) is 9.26. The molecule has 1 rings (SSSR count). The van der Waals surface area contributed by atoms with Crippen LogP contribution in [0.4, 0.5) is 0 Å². The summed E-state index contributed by atoms with van der Waals surface area (Å²) in [5.74, 6) is 1.02. The molecule has 6 heteroatoms. The van der Waals surface area contributed by atoms with Crippen LogP contribution >= 0.6 is 0 Å². The topological polar surface area (TPSA) is 59.1 Å². The van der Waals surface area contributed by atoms with Gasteiger partial charge in [0, 0.05) is 26.2 Å². The number of amides is 2. The molecule has 1 aromatic rings. The fourth-order valence-corrected chi connectivity index (χ4v) is 2.37. The van der Waals surface area contributed by atoms with E-state index in [2.05, 4.69) is 0 Å². The van der Waals surface area contributed by atoms with Crippen LogP contribution in [0, 0.1) is 0 Å². The molecule has 0 radical (unpaired) electrons. The van der Waals surface area contributed by atoms with Crippen molar-refractivity contribution in [3.63, 3.8) is 0 Å². The number of rotatable bonds is 10. The van der Waals surface area contributed by atoms with Gasteiger partial charge >= 0.3 is 0 Å². The van der Waals surface area contributed by atoms with Crippen LogP contribution in [-0.4, -0.2) is 62.0 Å². The van der Waals surface area contributed by atoms with Crippen molar-refractivity contribution in [3.05, 3.63) is 29.8 Å². The molecule has 0 spiro atoms. The molecule has 0 fully saturated rings. The van der Waals surface area contributed by atoms with E-state index in [4.69, 9.17) is 9.47 Å². The number of nitrogens with zero attached hydrogens (tertiary/aromatic N) is 2. The molecule has 0 aliphatic carbocycles. The Bertz CT molecular complexity index is 624. The number of hydrogen-bond donors (Lipinski definition) is 0. The number of likely N-dealkylation sites (N-methyl/N-ethyl adjacent to an activating group) is 2. The molecule has 144 valence electrons. The molecule has 0 saturated heterocycles. The Morgan fingerprint density at radius 2 is 1.81 bits per heavy atom. The highest BCUT2D eigenvalue weighted by Gasteiger charge is 2.14. The lowest BCUT2D eigenvalue weighted by molar-refractivity contribution is -0.136. The van der Waals surface area contributed by atoms with Gasteiger partial charge in [-0.3, -0.25) is 9.59 Å². The van der Waals surface area contributed by atoms with Gasteiger partial charge in [0.15, 0.2) is 11.5 Å². The first-order valence-corrected chi connectivity index (χ1v) is 8.98. The van der Waals surface area contributed by atoms with E-state index in [0.717, 1.165) is 12.0 Å². The average molecular weight is 362 g/mol. The molecular weight excluding hydrogens is 332 g/mol. The largest absolute Gasteiger partial charge is 0.493 e. The van der Waals surface area contributed by atoms with E-state index in [9.17, 15) is 9.59 Å². The first kappa shape index (κ1) is 21.5. The van der Waals surface area contributed by atoms with Crippen molar-refractivity contribution in [1.82, 2.24) is 9.80 Å². The van der Waals surface area contributed by atoms with E-state index in [1.807, 2.05) is 39.0 Å². The normalized spacial score (nSPS) is 10.7. The zero-order valence-electron chi connectivity index (χ0n) is 16.4. The van der Waals surface area contributed by atoms with E-state index >= 15 is 0 Å². The van der Waals surface area contributed by atoms with E-state index in [1.165, 1.54) is 11.0 Å². The lowest BCUT2D eigenvalue weighted by Gasteiger charge is -2.22. The summed E-state index contributed by atoms with van der Waals surface area (Å²) in [6.07, 6.45) is 4.07. The molecule has 0 saturated carbocycles. The van der Waals surface area contributed by atoms with Crippen molar-refractivity contribution in [1.29, 1.82) is 0 Å². The van der Waals surface area contributed by atoms with Crippen LogP contribution in [-0.2, 0) is 9.59 Å². The molecule has 0 atom stereocenters. The number of ether oxygens (including phenoxy) is 2. The standard InChI is InChI=1S/C20H30N2O4/c1-6-13-26-17-11-9-16(14-18(17)25-5)10-12-19(23)21(4)15-20(24)22(7-2)8-3/h9-12,14H,6-8,13,15H2,1-5H3/b12-10+. The van der Waals surface area contributed by atoms with Crippen LogP contribution in [0.15, 0.2) is 24.3 Å². The number of carbonyl (C=O) groups excluding carboxylic acids is 2. The second-order valence-corrected chi connectivity index (χ2v) is 5.85. The van der Waals surface area contributed by atoms with Crippen molar-refractivity contribution in [2.45, 2.75) is 27.2 Å². The average Bonchev–Trinajstić information content (AvgIpc) is 2.65. The summed E-state index contributed by atoms with van der Waals surface area (Å²) >= 11 is 0. The van der Waals surface area contributed by atoms with Crippen LogP contribution in [0.2, 0.25) is 0 Å². The predicted octanol–water partition coefficient (Wildman–Crippen LogP) is 2.82. The summed E-state index contributed by atoms with van der Waals surface area (Å²) in [6.45, 7) is 7.84. The van der Waals surface area contributed by atoms with Crippen molar-refractivity contribution in [3.8, 4) is 11.5 Å². The summed E-state index contributed by atoms with van der Waals surface area (Å²) in [7, 11) is 3.20. The second-order valence-electron chi connectivity index (χ2n) is 5.85. The van der Waals surface area contributed by atoms with Crippen LogP contribution in [0.3, 0.4) is 0 Å². The molecule has 0 aliphatic heterocycles. The third-order valence-corrected chi connectivity index (χ3v) is 3.93. The molecule has 0 N–H and O–H groups in total. The van der Waals surface area contributed by atoms with Crippen molar-refractivity contribution >= 4 is 17.9 Å². The van der Waals surface area contributed by atoms with E-state index in [0.29, 0.717) is 31.2 Å². The maximum Gasteiger partial charge on any atom is 0.246 e. The fraction of sp³-hybridized carbons (Fsp3) is 0.500. The zero-order valence-corrected chi connectivity index (χ0v) is 16.4. The smallest absolute Gasteiger partial charge is 0.246 e. The maximum atomic E-state index is 12.2. The fourth-order valence-electron chi connectivity index (χ4n) is 2.37. The lowest BCUT2D eigenvalue weighted by Crippen LogP contribution is -2.40. The number of benzene rings is 1. The minimum atomic E-state index is -0.226. The van der Waals surface area contributed by atoms with Crippen LogP contribution in [0.1, 0.15) is 32.8 Å². The van der Waals surface area contributed by atoms with Gasteiger partial charge in [0.05, 0.1) is 20.3 Å². The van der Waals surface area contributed by atoms with E-state index < -0.39 is 0 Å². The van der Waals surface area contributed by atoms with Gasteiger partial charge in [0.25, 0.3) is 0 Å². The summed E-state index contributed by atoms with van der Waals surface area (Å²) in [6, 6.07) is 5.50. The second kappa shape index (κ2) is 11.2. The Morgan fingerprint density at radius 1 is 1.12 bits per heavy atom. The number of carbonyl (C=O) groups is 2. The van der Waals surface area contributed by atoms with E-state index in [-0.39, 0.29) is 18.4 Å². The highest BCUT2D eigenvalue weighted by Crippen LogP contribution is 2.28. The molecule has 0 bridgehead atoms. The summed E-state index contributed by atoms with van der Waals surface area (Å²) in [5.41, 5.74) is 0.822. The zero-order chi connectivity index (χ0) is 19.5. The Labute approximate surface area is 156 Å². The molecule has 1 aromatic carbocycles. The van der Waals surface area contributed by atoms with Gasteiger partial charge in [0.1, 0.15) is 0 Å². The van der Waals surface area contributed by atoms with Gasteiger partial charge in [-0.15, -0.1) is 0 Å². The molecule has 0 unspecified atom stereocenters. The van der Waals surface area contributed by atoms with Gasteiger partial charge in [-0.25, -0.2) is 0 Å². The van der Waals surface area contributed by atoms with Crippen molar-refractivity contribution in [2.24, 2.45) is 0 Å². The molecule has 2 amide bonds. The molecule has 0 aromatic heterocycles. The molecule has 0 aliphatic rings. The quantitative estimate of drug-likeness (QED) is 0.601. The summed E-state index contributed by atoms with van der Waals surface area (Å²) < 4.78 is 11.0. The Morgan fingerprint density at radius 3 is 2.38 bits per heavy atom. The van der Waals surface area contributed by atoms with Crippen molar-refractivity contribution < 1.29 is 19.1 Å². The minimum absolute atomic E-state index is 0.0571. The highest BCUT2D eigenvalue weighted by atomic mass is 16.5. The molecule has 26 heavy (non-hydrogen) atoms. The third-order valence-electron chi connectivity index (χ3n) is 3.93. The van der Waals surface area contributed by atoms with Gasteiger partial charge in [-0.2, -0.15) is 0 Å². The Balaban J connectivity index is 2.73. The van der Waals surface area contributed by atoms with Crippen LogP contribution in [0.5, 0.6) is 11.5 Å². The van der Waals surface area contributed by atoms with Crippen LogP contribution < -0.4 is 9.47 Å². The first-order valence-electron chi connectivity index (χ1n) is 8.98. The maximum absolute atomic E-state index is 12.2. The van der Waals surface area contributed by atoms with Gasteiger partial charge in [0.2, 0.25) is 11.8 Å². The van der Waals surface area contributed by atoms with Crippen molar-refractivity contribution in [2.75, 3.05) is 40.4 Å². The lowest BCUT2D eigenvalue weighted by atomic mass is 10.2. The van der Waals surface area contributed by atoms with Gasteiger partial charge in [-0.1, -0.05) is 13.0 Å². The predicted molar refractivity (Wildman–Crippen MR) is 103 cm³/mol. The highest BCUT2D eigenvalue weighted by molar-refractivity contribution is 5.94. The van der Waals surface area contributed by atoms with Crippen LogP contribution in [0.25, 0.3) is 6.08 Å². The van der Waals surface area contributed by atoms with E-state index in [1.54, 1.807) is 25.1 Å². The first-order chi connectivity index (χ1) is 12.5. The summed E-state index contributed by atoms with van der Waals surface area (Å²) in [4.78, 5) is 27.4. The molecule has 6 nitrogen and oxygen atoms in total. The monoisotopic (exact) mass is 362 g/mol. The minimum Gasteiger partial charge on any atom is -0.493 e. The number of methoxy groups -OCH3 is 1. The van der Waals surface area contributed by atoms with Gasteiger partial charge < -0.3 is 19.3 Å². The summed E-state index contributed by atoms with van der Waals surface area (Å²) in [5, 5.41) is 0. The molecular formula is C20H30N2O4. The van der Waals surface area contributed by atoms with Gasteiger partial charge in [-0.05, 0) is 44.0 Å².